The first-order valence-electron chi connectivity index (χ1n) is 6.03. The van der Waals surface area contributed by atoms with Crippen LogP contribution in [0.4, 0.5) is 26.3 Å². The first-order valence-corrected chi connectivity index (χ1v) is 6.03. The van der Waals surface area contributed by atoms with Crippen molar-refractivity contribution in [3.63, 3.8) is 0 Å². The molecule has 0 nitrogen and oxygen atoms in total. The molecule has 2 aromatic carbocycles. The Morgan fingerprint density at radius 1 is 0.762 bits per heavy atom. The SMILES string of the molecule is Cc1ccc(CC(F)c2c(F)c(F)c(F)c(F)c2F)cc1. The van der Waals surface area contributed by atoms with E-state index in [1.54, 1.807) is 19.1 Å². The van der Waals surface area contributed by atoms with Crippen LogP contribution in [0, 0.1) is 36.0 Å². The molecule has 2 aromatic rings. The first kappa shape index (κ1) is 15.4. The van der Waals surface area contributed by atoms with Crippen LogP contribution in [-0.4, -0.2) is 0 Å². The average molecular weight is 304 g/mol. The number of aryl methyl sites for hydroxylation is 1. The Kier molecular flexibility index (Phi) is 4.25. The van der Waals surface area contributed by atoms with Crippen molar-refractivity contribution in [2.24, 2.45) is 0 Å². The molecule has 1 atom stereocenters. The molecule has 0 fully saturated rings. The van der Waals surface area contributed by atoms with Gasteiger partial charge in [-0.2, -0.15) is 0 Å². The number of benzene rings is 2. The van der Waals surface area contributed by atoms with E-state index in [1.807, 2.05) is 0 Å². The van der Waals surface area contributed by atoms with Crippen molar-refractivity contribution >= 4 is 0 Å². The van der Waals surface area contributed by atoms with Crippen LogP contribution >= 0.6 is 0 Å². The van der Waals surface area contributed by atoms with E-state index in [2.05, 4.69) is 0 Å². The summed E-state index contributed by atoms with van der Waals surface area (Å²) in [5.41, 5.74) is -0.158. The van der Waals surface area contributed by atoms with E-state index in [-0.39, 0.29) is 0 Å². The van der Waals surface area contributed by atoms with Crippen LogP contribution in [0.3, 0.4) is 0 Å². The quantitative estimate of drug-likeness (QED) is 0.428. The van der Waals surface area contributed by atoms with E-state index in [0.717, 1.165) is 5.56 Å². The fourth-order valence-electron chi connectivity index (χ4n) is 1.93. The molecular weight excluding hydrogens is 294 g/mol. The summed E-state index contributed by atoms with van der Waals surface area (Å²) in [5.74, 6) is -10.8. The number of hydrogen-bond donors (Lipinski definition) is 0. The Bertz CT molecular complexity index is 634. The van der Waals surface area contributed by atoms with Gasteiger partial charge in [-0.25, -0.2) is 26.3 Å². The molecule has 0 spiro atoms. The molecule has 1 unspecified atom stereocenters. The lowest BCUT2D eigenvalue weighted by Gasteiger charge is -2.13. The minimum absolute atomic E-state index is 0.386. The molecule has 0 saturated heterocycles. The summed E-state index contributed by atoms with van der Waals surface area (Å²) in [5, 5.41) is 0. The molecule has 0 heterocycles. The van der Waals surface area contributed by atoms with Gasteiger partial charge in [0.2, 0.25) is 5.82 Å². The van der Waals surface area contributed by atoms with Gasteiger partial charge in [-0.05, 0) is 12.5 Å². The van der Waals surface area contributed by atoms with Crippen LogP contribution in [0.15, 0.2) is 24.3 Å². The lowest BCUT2D eigenvalue weighted by Crippen LogP contribution is -2.10. The zero-order valence-electron chi connectivity index (χ0n) is 10.9. The van der Waals surface area contributed by atoms with Crippen molar-refractivity contribution in [1.29, 1.82) is 0 Å². The Morgan fingerprint density at radius 3 is 1.67 bits per heavy atom. The van der Waals surface area contributed by atoms with E-state index >= 15 is 0 Å². The highest BCUT2D eigenvalue weighted by molar-refractivity contribution is 5.29. The Hall–Kier alpha value is -1.98. The van der Waals surface area contributed by atoms with Crippen LogP contribution in [0.5, 0.6) is 0 Å². The third-order valence-corrected chi connectivity index (χ3v) is 3.09. The van der Waals surface area contributed by atoms with E-state index in [9.17, 15) is 26.3 Å². The lowest BCUT2D eigenvalue weighted by molar-refractivity contribution is 0.294. The molecule has 0 aromatic heterocycles. The van der Waals surface area contributed by atoms with Crippen molar-refractivity contribution < 1.29 is 26.3 Å². The molecule has 6 heteroatoms. The molecular formula is C15H10F6. The summed E-state index contributed by atoms with van der Waals surface area (Å²) in [6, 6.07) is 6.35. The summed E-state index contributed by atoms with van der Waals surface area (Å²) in [6.07, 6.45) is -2.82. The molecule has 0 bridgehead atoms. The first-order chi connectivity index (χ1) is 9.82. The van der Waals surface area contributed by atoms with Crippen LogP contribution in [0.2, 0.25) is 0 Å². The monoisotopic (exact) mass is 304 g/mol. The number of rotatable bonds is 3. The Labute approximate surface area is 117 Å². The minimum atomic E-state index is -2.34. The highest BCUT2D eigenvalue weighted by atomic mass is 19.2. The molecule has 0 saturated carbocycles. The van der Waals surface area contributed by atoms with Gasteiger partial charge in [-0.3, -0.25) is 0 Å². The molecule has 0 radical (unpaired) electrons. The van der Waals surface area contributed by atoms with Gasteiger partial charge in [0.1, 0.15) is 6.17 Å². The van der Waals surface area contributed by atoms with E-state index < -0.39 is 47.2 Å². The fourth-order valence-corrected chi connectivity index (χ4v) is 1.93. The second-order valence-corrected chi connectivity index (χ2v) is 4.64. The normalized spacial score (nSPS) is 12.5. The maximum absolute atomic E-state index is 14.0. The van der Waals surface area contributed by atoms with E-state index in [4.69, 9.17) is 0 Å². The van der Waals surface area contributed by atoms with Crippen molar-refractivity contribution in [3.05, 3.63) is 70.0 Å². The standard InChI is InChI=1S/C15H10F6/c1-7-2-4-8(5-3-7)6-9(16)10-11(17)13(19)15(21)14(20)12(10)18/h2-5,9H,6H2,1H3. The molecule has 112 valence electrons. The topological polar surface area (TPSA) is 0 Å². The van der Waals surface area contributed by atoms with Crippen LogP contribution < -0.4 is 0 Å². The predicted molar refractivity (Wildman–Crippen MR) is 65.0 cm³/mol. The lowest BCUT2D eigenvalue weighted by atomic mass is 10.00. The van der Waals surface area contributed by atoms with Crippen LogP contribution in [0.25, 0.3) is 0 Å². The van der Waals surface area contributed by atoms with Gasteiger partial charge in [-0.1, -0.05) is 29.8 Å². The Morgan fingerprint density at radius 2 is 1.19 bits per heavy atom. The van der Waals surface area contributed by atoms with Crippen molar-refractivity contribution in [2.75, 3.05) is 0 Å². The summed E-state index contributed by atoms with van der Waals surface area (Å²) < 4.78 is 79.9. The van der Waals surface area contributed by atoms with Gasteiger partial charge in [0.05, 0.1) is 5.56 Å². The fraction of sp³-hybridized carbons (Fsp3) is 0.200. The predicted octanol–water partition coefficient (Wildman–Crippen LogP) is 4.94. The van der Waals surface area contributed by atoms with Crippen molar-refractivity contribution in [3.8, 4) is 0 Å². The molecule has 0 aliphatic heterocycles. The van der Waals surface area contributed by atoms with Crippen LogP contribution in [-0.2, 0) is 6.42 Å². The molecule has 0 amide bonds. The van der Waals surface area contributed by atoms with Gasteiger partial charge in [0.25, 0.3) is 0 Å². The maximum Gasteiger partial charge on any atom is 0.200 e. The van der Waals surface area contributed by atoms with Gasteiger partial charge in [-0.15, -0.1) is 0 Å². The third kappa shape index (κ3) is 2.89. The molecule has 0 N–H and O–H groups in total. The summed E-state index contributed by atoms with van der Waals surface area (Å²) >= 11 is 0. The zero-order valence-corrected chi connectivity index (χ0v) is 10.9. The van der Waals surface area contributed by atoms with E-state index in [0.29, 0.717) is 5.56 Å². The largest absolute Gasteiger partial charge is 0.242 e. The summed E-state index contributed by atoms with van der Waals surface area (Å²) in [6.45, 7) is 1.79. The van der Waals surface area contributed by atoms with Gasteiger partial charge in [0.15, 0.2) is 23.3 Å². The number of alkyl halides is 1. The van der Waals surface area contributed by atoms with E-state index in [1.165, 1.54) is 12.1 Å². The molecule has 21 heavy (non-hydrogen) atoms. The number of hydrogen-bond acceptors (Lipinski definition) is 0. The summed E-state index contributed by atoms with van der Waals surface area (Å²) in [4.78, 5) is 0. The highest BCUT2D eigenvalue weighted by Crippen LogP contribution is 2.31. The van der Waals surface area contributed by atoms with Crippen molar-refractivity contribution in [1.82, 2.24) is 0 Å². The second kappa shape index (κ2) is 5.79. The number of halogens is 6. The van der Waals surface area contributed by atoms with Gasteiger partial charge in [0, 0.05) is 6.42 Å². The zero-order chi connectivity index (χ0) is 15.7. The summed E-state index contributed by atoms with van der Waals surface area (Å²) in [7, 11) is 0. The minimum Gasteiger partial charge on any atom is -0.242 e. The van der Waals surface area contributed by atoms with Crippen LogP contribution in [0.1, 0.15) is 22.9 Å². The second-order valence-electron chi connectivity index (χ2n) is 4.64. The van der Waals surface area contributed by atoms with Gasteiger partial charge < -0.3 is 0 Å². The van der Waals surface area contributed by atoms with Gasteiger partial charge >= 0.3 is 0 Å². The third-order valence-electron chi connectivity index (χ3n) is 3.09. The Balaban J connectivity index is 2.39. The highest BCUT2D eigenvalue weighted by Gasteiger charge is 2.30. The average Bonchev–Trinajstić information content (AvgIpc) is 2.46. The molecule has 2 rings (SSSR count). The maximum atomic E-state index is 14.0. The molecule has 0 aliphatic carbocycles. The smallest absolute Gasteiger partial charge is 0.200 e. The molecule has 0 aliphatic rings. The van der Waals surface area contributed by atoms with Crippen molar-refractivity contribution in [2.45, 2.75) is 19.5 Å².